The van der Waals surface area contributed by atoms with Crippen LogP contribution < -0.4 is 0 Å². The van der Waals surface area contributed by atoms with Crippen LogP contribution in [0.5, 0.6) is 0 Å². The summed E-state index contributed by atoms with van der Waals surface area (Å²) in [5, 5.41) is 0. The van der Waals surface area contributed by atoms with Gasteiger partial charge in [-0.3, -0.25) is 9.59 Å². The summed E-state index contributed by atoms with van der Waals surface area (Å²) in [5.74, 6) is -0.733. The highest BCUT2D eigenvalue weighted by Crippen LogP contribution is 2.18. The second-order valence-corrected chi connectivity index (χ2v) is 14.8. The lowest BCUT2D eigenvalue weighted by Crippen LogP contribution is -2.29. The molecule has 0 aliphatic heterocycles. The zero-order valence-electron chi connectivity index (χ0n) is 32.1. The van der Waals surface area contributed by atoms with Crippen molar-refractivity contribution in [2.75, 3.05) is 13.2 Å². The summed E-state index contributed by atoms with van der Waals surface area (Å²) in [6.07, 6.45) is 41.6. The van der Waals surface area contributed by atoms with Gasteiger partial charge in [0.2, 0.25) is 0 Å². The molecule has 288 valence electrons. The summed E-state index contributed by atoms with van der Waals surface area (Å²) in [6, 6.07) is 0. The molecule has 0 rings (SSSR count). The van der Waals surface area contributed by atoms with Gasteiger partial charge in [-0.05, 0) is 38.5 Å². The SMILES string of the molecule is CCCCCCCC/C=C\CCCCCCCCCCCC(=O)O[C@H](COC(=O)CCCCCCCCCCCCCCC)CO[P+](=O)O. The van der Waals surface area contributed by atoms with Crippen molar-refractivity contribution in [1.29, 1.82) is 0 Å². The number of hydrogen-bond acceptors (Lipinski definition) is 6. The van der Waals surface area contributed by atoms with Gasteiger partial charge < -0.3 is 9.47 Å². The largest absolute Gasteiger partial charge is 0.694 e. The molecular formula is C41H78O7P+. The Hall–Kier alpha value is -1.30. The van der Waals surface area contributed by atoms with Crippen LogP contribution in [0.2, 0.25) is 0 Å². The van der Waals surface area contributed by atoms with Gasteiger partial charge in [0.15, 0.2) is 6.10 Å². The fraction of sp³-hybridized carbons (Fsp3) is 0.902. The van der Waals surface area contributed by atoms with Crippen molar-refractivity contribution in [2.24, 2.45) is 0 Å². The van der Waals surface area contributed by atoms with Crippen LogP contribution in [0.25, 0.3) is 0 Å². The van der Waals surface area contributed by atoms with Crippen LogP contribution in [0.4, 0.5) is 0 Å². The van der Waals surface area contributed by atoms with E-state index in [-0.39, 0.29) is 25.6 Å². The van der Waals surface area contributed by atoms with Gasteiger partial charge in [-0.2, -0.15) is 0 Å². The average Bonchev–Trinajstić information content (AvgIpc) is 3.09. The number of hydrogen-bond donors (Lipinski definition) is 1. The van der Waals surface area contributed by atoms with Crippen molar-refractivity contribution >= 4 is 20.2 Å². The van der Waals surface area contributed by atoms with E-state index >= 15 is 0 Å². The summed E-state index contributed by atoms with van der Waals surface area (Å²) < 4.78 is 26.5. The standard InChI is InChI=1S/C41H77O7P/c1-3-5-7-9-11-13-15-17-18-19-20-21-22-24-26-28-30-32-34-36-41(43)48-39(38-47-49(44)45)37-46-40(42)35-33-31-29-27-25-23-16-14-12-10-8-6-4-2/h17-18,39H,3-16,19-38H2,1-2H3/p+1/b18-17-/t39-/m1/s1. The number of unbranched alkanes of at least 4 members (excludes halogenated alkanes) is 27. The Kier molecular flexibility index (Phi) is 38.4. The molecule has 0 amide bonds. The molecule has 8 heteroatoms. The third-order valence-electron chi connectivity index (χ3n) is 9.23. The lowest BCUT2D eigenvalue weighted by atomic mass is 10.0. The van der Waals surface area contributed by atoms with Crippen LogP contribution in [-0.4, -0.2) is 36.1 Å². The fourth-order valence-electron chi connectivity index (χ4n) is 6.10. The molecule has 0 spiro atoms. The van der Waals surface area contributed by atoms with Gasteiger partial charge in [0.05, 0.1) is 0 Å². The van der Waals surface area contributed by atoms with Gasteiger partial charge in [-0.25, -0.2) is 0 Å². The van der Waals surface area contributed by atoms with Crippen molar-refractivity contribution in [2.45, 2.75) is 225 Å². The van der Waals surface area contributed by atoms with Gasteiger partial charge >= 0.3 is 20.2 Å². The molecule has 0 saturated carbocycles. The third kappa shape index (κ3) is 39.3. The van der Waals surface area contributed by atoms with Crippen LogP contribution in [-0.2, 0) is 28.2 Å². The topological polar surface area (TPSA) is 99.1 Å². The van der Waals surface area contributed by atoms with Gasteiger partial charge in [0.25, 0.3) is 0 Å². The van der Waals surface area contributed by atoms with Gasteiger partial charge in [0, 0.05) is 17.4 Å². The average molecular weight is 714 g/mol. The smallest absolute Gasteiger partial charge is 0.462 e. The van der Waals surface area contributed by atoms with Crippen LogP contribution >= 0.6 is 8.25 Å². The molecule has 0 aliphatic carbocycles. The maximum Gasteiger partial charge on any atom is 0.694 e. The second kappa shape index (κ2) is 39.5. The predicted molar refractivity (Wildman–Crippen MR) is 205 cm³/mol. The molecule has 0 fully saturated rings. The molecule has 0 bridgehead atoms. The van der Waals surface area contributed by atoms with Crippen LogP contribution in [0.1, 0.15) is 219 Å². The zero-order valence-corrected chi connectivity index (χ0v) is 33.0. The minimum atomic E-state index is -2.82. The highest BCUT2D eigenvalue weighted by molar-refractivity contribution is 7.32. The van der Waals surface area contributed by atoms with E-state index < -0.39 is 20.3 Å². The first-order valence-corrected chi connectivity index (χ1v) is 21.9. The Morgan fingerprint density at radius 3 is 1.24 bits per heavy atom. The van der Waals surface area contributed by atoms with E-state index in [1.807, 2.05) is 0 Å². The van der Waals surface area contributed by atoms with Crippen molar-refractivity contribution in [3.63, 3.8) is 0 Å². The summed E-state index contributed by atoms with van der Waals surface area (Å²) in [7, 11) is -2.82. The molecular weight excluding hydrogens is 635 g/mol. The molecule has 0 aromatic heterocycles. The Morgan fingerprint density at radius 2 is 0.857 bits per heavy atom. The van der Waals surface area contributed by atoms with Gasteiger partial charge in [-0.1, -0.05) is 180 Å². The Morgan fingerprint density at radius 1 is 0.510 bits per heavy atom. The van der Waals surface area contributed by atoms with Crippen LogP contribution in [0.3, 0.4) is 0 Å². The summed E-state index contributed by atoms with van der Waals surface area (Å²) in [4.78, 5) is 33.6. The van der Waals surface area contributed by atoms with Crippen molar-refractivity contribution < 1.29 is 33.0 Å². The van der Waals surface area contributed by atoms with E-state index in [9.17, 15) is 14.2 Å². The fourth-order valence-corrected chi connectivity index (χ4v) is 6.39. The van der Waals surface area contributed by atoms with E-state index in [1.54, 1.807) is 0 Å². The lowest BCUT2D eigenvalue weighted by molar-refractivity contribution is -0.161. The Labute approximate surface area is 303 Å². The van der Waals surface area contributed by atoms with Crippen molar-refractivity contribution in [1.82, 2.24) is 0 Å². The molecule has 0 aromatic rings. The monoisotopic (exact) mass is 714 g/mol. The predicted octanol–water partition coefficient (Wildman–Crippen LogP) is 13.2. The molecule has 0 heterocycles. The Balaban J connectivity index is 3.78. The molecule has 0 saturated heterocycles. The minimum absolute atomic E-state index is 0.165. The van der Waals surface area contributed by atoms with Crippen LogP contribution in [0.15, 0.2) is 12.2 Å². The van der Waals surface area contributed by atoms with E-state index in [0.717, 1.165) is 38.5 Å². The first kappa shape index (κ1) is 47.7. The maximum atomic E-state index is 12.4. The number of esters is 2. The first-order chi connectivity index (χ1) is 24.0. The summed E-state index contributed by atoms with van der Waals surface area (Å²) in [6.45, 7) is 4.07. The molecule has 7 nitrogen and oxygen atoms in total. The van der Waals surface area contributed by atoms with E-state index in [0.29, 0.717) is 6.42 Å². The summed E-state index contributed by atoms with van der Waals surface area (Å²) in [5.41, 5.74) is 0. The molecule has 0 aromatic carbocycles. The first-order valence-electron chi connectivity index (χ1n) is 20.8. The number of rotatable bonds is 39. The molecule has 0 radical (unpaired) electrons. The summed E-state index contributed by atoms with van der Waals surface area (Å²) >= 11 is 0. The highest BCUT2D eigenvalue weighted by atomic mass is 31.1. The maximum absolute atomic E-state index is 12.4. The third-order valence-corrected chi connectivity index (χ3v) is 9.60. The zero-order chi connectivity index (χ0) is 35.9. The van der Waals surface area contributed by atoms with E-state index in [1.165, 1.54) is 154 Å². The number of allylic oxidation sites excluding steroid dienone is 2. The highest BCUT2D eigenvalue weighted by Gasteiger charge is 2.23. The molecule has 1 N–H and O–H groups in total. The molecule has 1 unspecified atom stereocenters. The molecule has 49 heavy (non-hydrogen) atoms. The number of ether oxygens (including phenoxy) is 2. The number of carbonyl (C=O) groups is 2. The normalized spacial score (nSPS) is 12.4. The van der Waals surface area contributed by atoms with Crippen LogP contribution in [0, 0.1) is 0 Å². The Bertz CT molecular complexity index is 773. The van der Waals surface area contributed by atoms with Gasteiger partial charge in [-0.15, -0.1) is 9.42 Å². The van der Waals surface area contributed by atoms with E-state index in [2.05, 4.69) is 26.0 Å². The minimum Gasteiger partial charge on any atom is -0.462 e. The van der Waals surface area contributed by atoms with E-state index in [4.69, 9.17) is 18.9 Å². The molecule has 2 atom stereocenters. The lowest BCUT2D eigenvalue weighted by Gasteiger charge is -2.15. The number of carbonyl (C=O) groups excluding carboxylic acids is 2. The van der Waals surface area contributed by atoms with Crippen molar-refractivity contribution in [3.8, 4) is 0 Å². The van der Waals surface area contributed by atoms with Gasteiger partial charge in [0.1, 0.15) is 13.2 Å². The van der Waals surface area contributed by atoms with Crippen molar-refractivity contribution in [3.05, 3.63) is 12.2 Å². The second-order valence-electron chi connectivity index (χ2n) is 14.1. The quantitative estimate of drug-likeness (QED) is 0.0293. The molecule has 0 aliphatic rings.